The average Bonchev–Trinajstić information content (AvgIpc) is 2.68. The molecule has 1 heterocycles. The fourth-order valence-electron chi connectivity index (χ4n) is 4.75. The van der Waals surface area contributed by atoms with Crippen LogP contribution in [0.25, 0.3) is 33.2 Å². The van der Waals surface area contributed by atoms with E-state index in [0.29, 0.717) is 0 Å². The predicted molar refractivity (Wildman–Crippen MR) is 113 cm³/mol. The van der Waals surface area contributed by atoms with E-state index in [1.54, 1.807) is 0 Å². The molecule has 0 atom stereocenters. The van der Waals surface area contributed by atoms with E-state index >= 15 is 0 Å². The van der Waals surface area contributed by atoms with Crippen LogP contribution in [0.5, 0.6) is 0 Å². The minimum atomic E-state index is 1.10. The van der Waals surface area contributed by atoms with Crippen molar-refractivity contribution in [2.24, 2.45) is 7.05 Å². The van der Waals surface area contributed by atoms with Crippen LogP contribution in [0.1, 0.15) is 22.3 Å². The van der Waals surface area contributed by atoms with Crippen LogP contribution in [0.4, 0.5) is 0 Å². The second kappa shape index (κ2) is 6.06. The van der Waals surface area contributed by atoms with Gasteiger partial charge in [-0.1, -0.05) is 48.5 Å². The average molecular weight is 350 g/mol. The second-order valence-corrected chi connectivity index (χ2v) is 7.80. The normalized spacial score (nSPS) is 12.7. The van der Waals surface area contributed by atoms with Gasteiger partial charge in [0.15, 0.2) is 6.20 Å². The topological polar surface area (TPSA) is 3.88 Å². The van der Waals surface area contributed by atoms with Crippen molar-refractivity contribution in [2.45, 2.75) is 26.7 Å². The van der Waals surface area contributed by atoms with Crippen molar-refractivity contribution < 1.29 is 4.57 Å². The molecular formula is C26H24N+. The first-order chi connectivity index (χ1) is 13.1. The van der Waals surface area contributed by atoms with E-state index in [9.17, 15) is 0 Å². The monoisotopic (exact) mass is 350 g/mol. The van der Waals surface area contributed by atoms with Gasteiger partial charge in [0.2, 0.25) is 5.69 Å². The molecular weight excluding hydrogens is 326 g/mol. The van der Waals surface area contributed by atoms with Gasteiger partial charge in [0.05, 0.1) is 5.56 Å². The molecule has 0 saturated carbocycles. The molecule has 4 aromatic rings. The van der Waals surface area contributed by atoms with E-state index in [1.165, 1.54) is 55.4 Å². The maximum absolute atomic E-state index is 2.33. The van der Waals surface area contributed by atoms with Crippen LogP contribution < -0.4 is 4.57 Å². The zero-order chi connectivity index (χ0) is 18.5. The third kappa shape index (κ3) is 2.49. The lowest BCUT2D eigenvalue weighted by Crippen LogP contribution is -2.31. The smallest absolute Gasteiger partial charge is 0.201 e. The lowest BCUT2D eigenvalue weighted by molar-refractivity contribution is -0.660. The Balaban J connectivity index is 1.79. The largest absolute Gasteiger partial charge is 0.212 e. The number of benzene rings is 3. The molecule has 0 radical (unpaired) electrons. The van der Waals surface area contributed by atoms with Crippen molar-refractivity contribution in [2.75, 3.05) is 0 Å². The molecule has 0 unspecified atom stereocenters. The first kappa shape index (κ1) is 16.3. The number of pyridine rings is 1. The predicted octanol–water partition coefficient (Wildman–Crippen LogP) is 5.71. The van der Waals surface area contributed by atoms with Crippen LogP contribution in [0.3, 0.4) is 0 Å². The summed E-state index contributed by atoms with van der Waals surface area (Å²) in [6, 6.07) is 22.5. The summed E-state index contributed by atoms with van der Waals surface area (Å²) in [6.45, 7) is 4.39. The number of rotatable bonds is 1. The quantitative estimate of drug-likeness (QED) is 0.387. The van der Waals surface area contributed by atoms with Crippen molar-refractivity contribution in [1.82, 2.24) is 0 Å². The van der Waals surface area contributed by atoms with Gasteiger partial charge in [0.1, 0.15) is 7.05 Å². The highest BCUT2D eigenvalue weighted by Crippen LogP contribution is 2.41. The number of fused-ring (bicyclic) bond motifs is 5. The molecule has 1 aliphatic carbocycles. The molecule has 5 rings (SSSR count). The minimum absolute atomic E-state index is 1.10. The van der Waals surface area contributed by atoms with Gasteiger partial charge in [-0.3, -0.25) is 0 Å². The molecule has 27 heavy (non-hydrogen) atoms. The number of aromatic nitrogens is 1. The maximum Gasteiger partial charge on any atom is 0.212 e. The molecule has 1 aliphatic rings. The van der Waals surface area contributed by atoms with Crippen molar-refractivity contribution in [3.8, 4) is 22.4 Å². The van der Waals surface area contributed by atoms with Gasteiger partial charge in [-0.2, -0.15) is 0 Å². The molecule has 1 nitrogen and oxygen atoms in total. The highest BCUT2D eigenvalue weighted by atomic mass is 14.9. The van der Waals surface area contributed by atoms with Gasteiger partial charge in [0, 0.05) is 11.6 Å². The van der Waals surface area contributed by atoms with Crippen molar-refractivity contribution in [1.29, 1.82) is 0 Å². The van der Waals surface area contributed by atoms with E-state index in [1.807, 2.05) is 0 Å². The fourth-order valence-corrected chi connectivity index (χ4v) is 4.75. The Hall–Kier alpha value is -2.93. The maximum atomic E-state index is 2.33. The third-order valence-corrected chi connectivity index (χ3v) is 6.01. The fraction of sp³-hybridized carbons (Fsp3) is 0.192. The van der Waals surface area contributed by atoms with Crippen LogP contribution in [0.15, 0.2) is 66.9 Å². The van der Waals surface area contributed by atoms with E-state index in [2.05, 4.69) is 92.3 Å². The summed E-state index contributed by atoms with van der Waals surface area (Å²) < 4.78 is 2.27. The Morgan fingerprint density at radius 1 is 0.741 bits per heavy atom. The van der Waals surface area contributed by atoms with Crippen LogP contribution in [-0.4, -0.2) is 0 Å². The highest BCUT2D eigenvalue weighted by Gasteiger charge is 2.25. The van der Waals surface area contributed by atoms with Gasteiger partial charge in [-0.15, -0.1) is 0 Å². The zero-order valence-corrected chi connectivity index (χ0v) is 16.2. The highest BCUT2D eigenvalue weighted by molar-refractivity contribution is 5.94. The van der Waals surface area contributed by atoms with Crippen LogP contribution in [-0.2, 0) is 19.9 Å². The number of hydrogen-bond acceptors (Lipinski definition) is 0. The molecule has 0 N–H and O–H groups in total. The Morgan fingerprint density at radius 2 is 1.48 bits per heavy atom. The summed E-state index contributed by atoms with van der Waals surface area (Å²) in [5.41, 5.74) is 11.2. The molecule has 1 aromatic heterocycles. The molecule has 0 bridgehead atoms. The Kier molecular flexibility index (Phi) is 3.65. The molecule has 132 valence electrons. The second-order valence-electron chi connectivity index (χ2n) is 7.80. The van der Waals surface area contributed by atoms with Gasteiger partial charge in [-0.25, -0.2) is 4.57 Å². The summed E-state index contributed by atoms with van der Waals surface area (Å²) in [6.07, 6.45) is 4.43. The number of nitrogens with zero attached hydrogens (tertiary/aromatic N) is 1. The lowest BCUT2D eigenvalue weighted by atomic mass is 9.79. The summed E-state index contributed by atoms with van der Waals surface area (Å²) in [5.74, 6) is 0. The van der Waals surface area contributed by atoms with E-state index in [4.69, 9.17) is 0 Å². The standard InChI is InChI=1S/C26H24N/c1-17-8-15-25(27(3)16-17)26-18(2)9-11-23-22-12-10-19-6-4-5-7-20(19)21(22)13-14-24(23)26/h4-12,15-16H,13-14H2,1-3H3/q+1. The van der Waals surface area contributed by atoms with Crippen LogP contribution in [0, 0.1) is 13.8 Å². The van der Waals surface area contributed by atoms with Crippen LogP contribution >= 0.6 is 0 Å². The van der Waals surface area contributed by atoms with Gasteiger partial charge >= 0.3 is 0 Å². The molecule has 0 fully saturated rings. The molecule has 0 saturated heterocycles. The van der Waals surface area contributed by atoms with Crippen molar-refractivity contribution >= 4 is 10.8 Å². The summed E-state index contributed by atoms with van der Waals surface area (Å²) in [7, 11) is 2.16. The van der Waals surface area contributed by atoms with Crippen LogP contribution in [0.2, 0.25) is 0 Å². The Morgan fingerprint density at radius 3 is 2.33 bits per heavy atom. The summed E-state index contributed by atoms with van der Waals surface area (Å²) >= 11 is 0. The van der Waals surface area contributed by atoms with Gasteiger partial charge in [0.25, 0.3) is 0 Å². The first-order valence-electron chi connectivity index (χ1n) is 9.73. The third-order valence-electron chi connectivity index (χ3n) is 6.01. The minimum Gasteiger partial charge on any atom is -0.201 e. The summed E-state index contributed by atoms with van der Waals surface area (Å²) in [4.78, 5) is 0. The molecule has 1 heteroatoms. The van der Waals surface area contributed by atoms with Crippen molar-refractivity contribution in [3.05, 3.63) is 89.1 Å². The zero-order valence-electron chi connectivity index (χ0n) is 16.2. The molecule has 3 aromatic carbocycles. The first-order valence-corrected chi connectivity index (χ1v) is 9.73. The molecule has 0 amide bonds. The Bertz CT molecular complexity index is 1200. The lowest BCUT2D eigenvalue weighted by Gasteiger charge is -2.24. The molecule has 0 aliphatic heterocycles. The number of aryl methyl sites for hydroxylation is 4. The van der Waals surface area contributed by atoms with Crippen molar-refractivity contribution in [3.63, 3.8) is 0 Å². The Labute approximate surface area is 160 Å². The molecule has 0 spiro atoms. The SMILES string of the molecule is Cc1ccc(-c2c(C)ccc3c2CCc2c-3ccc3ccccc23)[n+](C)c1. The van der Waals surface area contributed by atoms with E-state index in [0.717, 1.165) is 12.8 Å². The van der Waals surface area contributed by atoms with E-state index < -0.39 is 0 Å². The van der Waals surface area contributed by atoms with Gasteiger partial charge < -0.3 is 0 Å². The van der Waals surface area contributed by atoms with Gasteiger partial charge in [-0.05, 0) is 71.3 Å². The number of hydrogen-bond donors (Lipinski definition) is 0. The van der Waals surface area contributed by atoms with E-state index in [-0.39, 0.29) is 0 Å². The summed E-state index contributed by atoms with van der Waals surface area (Å²) in [5, 5.41) is 2.75.